The molecule has 0 amide bonds. The number of nitrogens with one attached hydrogen (secondary N) is 1. The second-order valence-corrected chi connectivity index (χ2v) is 4.15. The summed E-state index contributed by atoms with van der Waals surface area (Å²) in [6.45, 7) is 3.01. The minimum atomic E-state index is 0.457. The molecule has 1 unspecified atom stereocenters. The Kier molecular flexibility index (Phi) is 3.35. The quantitative estimate of drug-likeness (QED) is 0.792. The van der Waals surface area contributed by atoms with Crippen molar-refractivity contribution < 1.29 is 4.74 Å². The molecule has 2 rings (SSSR count). The van der Waals surface area contributed by atoms with Crippen LogP contribution in [0, 0.1) is 0 Å². The fourth-order valence-corrected chi connectivity index (χ4v) is 2.25. The van der Waals surface area contributed by atoms with E-state index in [9.17, 15) is 0 Å². The van der Waals surface area contributed by atoms with Crippen molar-refractivity contribution in [3.05, 3.63) is 22.4 Å². The van der Waals surface area contributed by atoms with Gasteiger partial charge in [-0.05, 0) is 41.8 Å². The van der Waals surface area contributed by atoms with Gasteiger partial charge in [-0.25, -0.2) is 0 Å². The molecule has 13 heavy (non-hydrogen) atoms. The minimum absolute atomic E-state index is 0.457. The van der Waals surface area contributed by atoms with Crippen molar-refractivity contribution in [1.82, 2.24) is 5.32 Å². The van der Waals surface area contributed by atoms with E-state index in [1.165, 1.54) is 12.0 Å². The zero-order valence-corrected chi connectivity index (χ0v) is 8.48. The molecule has 1 aromatic heterocycles. The first-order valence-electron chi connectivity index (χ1n) is 4.78. The molecule has 0 aliphatic carbocycles. The predicted molar refractivity (Wildman–Crippen MR) is 55.2 cm³/mol. The maximum atomic E-state index is 5.72. The summed E-state index contributed by atoms with van der Waals surface area (Å²) in [6.07, 6.45) is 2.68. The Bertz CT molecular complexity index is 229. The van der Waals surface area contributed by atoms with Crippen molar-refractivity contribution in [2.45, 2.75) is 18.9 Å². The average molecular weight is 197 g/mol. The molecule has 1 aromatic rings. The molecule has 0 bridgehead atoms. The molecule has 0 spiro atoms. The lowest BCUT2D eigenvalue weighted by Crippen LogP contribution is -2.17. The van der Waals surface area contributed by atoms with Gasteiger partial charge in [0.2, 0.25) is 0 Å². The van der Waals surface area contributed by atoms with Crippen molar-refractivity contribution in [3.8, 4) is 0 Å². The number of hydrogen-bond acceptors (Lipinski definition) is 3. The number of hydrogen-bond donors (Lipinski definition) is 1. The lowest BCUT2D eigenvalue weighted by molar-refractivity contribution is 0.0695. The van der Waals surface area contributed by atoms with Gasteiger partial charge in [0.1, 0.15) is 0 Å². The summed E-state index contributed by atoms with van der Waals surface area (Å²) in [6, 6.07) is 2.17. The summed E-state index contributed by atoms with van der Waals surface area (Å²) in [5.41, 5.74) is 1.40. The van der Waals surface area contributed by atoms with Crippen LogP contribution in [0.1, 0.15) is 12.0 Å². The summed E-state index contributed by atoms with van der Waals surface area (Å²) in [5.74, 6) is 0. The van der Waals surface area contributed by atoms with E-state index in [1.54, 1.807) is 11.3 Å². The third-order valence-electron chi connectivity index (χ3n) is 2.34. The fourth-order valence-electron chi connectivity index (χ4n) is 1.55. The van der Waals surface area contributed by atoms with E-state index < -0.39 is 0 Å². The highest BCUT2D eigenvalue weighted by molar-refractivity contribution is 7.07. The van der Waals surface area contributed by atoms with E-state index in [0.29, 0.717) is 6.10 Å². The molecule has 1 aliphatic heterocycles. The molecule has 1 saturated heterocycles. The molecule has 2 nitrogen and oxygen atoms in total. The molecule has 1 aliphatic rings. The van der Waals surface area contributed by atoms with Gasteiger partial charge in [0, 0.05) is 6.54 Å². The molecule has 2 heterocycles. The smallest absolute Gasteiger partial charge is 0.0711 e. The summed E-state index contributed by atoms with van der Waals surface area (Å²) in [7, 11) is 0. The zero-order chi connectivity index (χ0) is 8.93. The van der Waals surface area contributed by atoms with E-state index in [2.05, 4.69) is 22.1 Å². The molecule has 0 saturated carbocycles. The molecule has 3 heteroatoms. The Hall–Kier alpha value is -0.380. The third kappa shape index (κ3) is 2.79. The standard InChI is InChI=1S/C10H15NOS/c1-4-11-7-10(1)12-5-2-9-3-6-13-8-9/h3,6,8,10-11H,1-2,4-5,7H2. The fraction of sp³-hybridized carbons (Fsp3) is 0.600. The van der Waals surface area contributed by atoms with E-state index in [0.717, 1.165) is 26.1 Å². The van der Waals surface area contributed by atoms with E-state index in [-0.39, 0.29) is 0 Å². The Labute approximate surface area is 82.9 Å². The lowest BCUT2D eigenvalue weighted by atomic mass is 10.2. The molecular weight excluding hydrogens is 182 g/mol. The molecule has 1 fully saturated rings. The second-order valence-electron chi connectivity index (χ2n) is 3.37. The summed E-state index contributed by atoms with van der Waals surface area (Å²) < 4.78 is 5.72. The highest BCUT2D eigenvalue weighted by Crippen LogP contribution is 2.08. The lowest BCUT2D eigenvalue weighted by Gasteiger charge is -2.09. The number of thiophene rings is 1. The molecule has 0 radical (unpaired) electrons. The van der Waals surface area contributed by atoms with Crippen LogP contribution in [0.4, 0.5) is 0 Å². The van der Waals surface area contributed by atoms with Crippen molar-refractivity contribution in [3.63, 3.8) is 0 Å². The van der Waals surface area contributed by atoms with Gasteiger partial charge in [0.25, 0.3) is 0 Å². The van der Waals surface area contributed by atoms with Crippen LogP contribution in [0.2, 0.25) is 0 Å². The normalized spacial score (nSPS) is 22.3. The first kappa shape index (κ1) is 9.19. The summed E-state index contributed by atoms with van der Waals surface area (Å²) in [4.78, 5) is 0. The monoisotopic (exact) mass is 197 g/mol. The van der Waals surface area contributed by atoms with Crippen LogP contribution in [0.25, 0.3) is 0 Å². The SMILES string of the molecule is c1cc(CCOC2CCNC2)cs1. The largest absolute Gasteiger partial charge is 0.377 e. The summed E-state index contributed by atoms with van der Waals surface area (Å²) >= 11 is 1.75. The Morgan fingerprint density at radius 3 is 3.31 bits per heavy atom. The van der Waals surface area contributed by atoms with Gasteiger partial charge >= 0.3 is 0 Å². The molecule has 1 atom stereocenters. The van der Waals surface area contributed by atoms with Gasteiger partial charge in [0.05, 0.1) is 12.7 Å². The molecular formula is C10H15NOS. The van der Waals surface area contributed by atoms with Crippen LogP contribution < -0.4 is 5.32 Å². The van der Waals surface area contributed by atoms with E-state index in [4.69, 9.17) is 4.74 Å². The van der Waals surface area contributed by atoms with Crippen LogP contribution in [0.15, 0.2) is 16.8 Å². The van der Waals surface area contributed by atoms with Crippen LogP contribution in [0.3, 0.4) is 0 Å². The summed E-state index contributed by atoms with van der Waals surface area (Å²) in [5, 5.41) is 7.60. The maximum absolute atomic E-state index is 5.72. The topological polar surface area (TPSA) is 21.3 Å². The Balaban J connectivity index is 1.63. The van der Waals surface area contributed by atoms with E-state index >= 15 is 0 Å². The van der Waals surface area contributed by atoms with Gasteiger partial charge in [-0.1, -0.05) is 0 Å². The van der Waals surface area contributed by atoms with Crippen molar-refractivity contribution in [2.75, 3.05) is 19.7 Å². The van der Waals surface area contributed by atoms with Crippen molar-refractivity contribution in [2.24, 2.45) is 0 Å². The highest BCUT2D eigenvalue weighted by Gasteiger charge is 2.13. The first-order chi connectivity index (χ1) is 6.45. The minimum Gasteiger partial charge on any atom is -0.377 e. The Morgan fingerprint density at radius 2 is 2.62 bits per heavy atom. The van der Waals surface area contributed by atoms with Gasteiger partial charge < -0.3 is 10.1 Å². The molecule has 0 aromatic carbocycles. The van der Waals surface area contributed by atoms with Crippen molar-refractivity contribution >= 4 is 11.3 Å². The average Bonchev–Trinajstić information content (AvgIpc) is 2.75. The maximum Gasteiger partial charge on any atom is 0.0711 e. The zero-order valence-electron chi connectivity index (χ0n) is 7.66. The van der Waals surface area contributed by atoms with Crippen LogP contribution in [-0.2, 0) is 11.2 Å². The van der Waals surface area contributed by atoms with Gasteiger partial charge in [-0.15, -0.1) is 0 Å². The van der Waals surface area contributed by atoms with Gasteiger partial charge in [-0.3, -0.25) is 0 Å². The first-order valence-corrected chi connectivity index (χ1v) is 5.73. The predicted octanol–water partition coefficient (Wildman–Crippen LogP) is 1.67. The van der Waals surface area contributed by atoms with Gasteiger partial charge in [0.15, 0.2) is 0 Å². The van der Waals surface area contributed by atoms with Crippen molar-refractivity contribution in [1.29, 1.82) is 0 Å². The Morgan fingerprint density at radius 1 is 1.62 bits per heavy atom. The van der Waals surface area contributed by atoms with E-state index in [1.807, 2.05) is 0 Å². The van der Waals surface area contributed by atoms with Crippen LogP contribution in [-0.4, -0.2) is 25.8 Å². The third-order valence-corrected chi connectivity index (χ3v) is 3.07. The van der Waals surface area contributed by atoms with Crippen LogP contribution in [0.5, 0.6) is 0 Å². The molecule has 1 N–H and O–H groups in total. The second kappa shape index (κ2) is 4.74. The number of rotatable bonds is 4. The highest BCUT2D eigenvalue weighted by atomic mass is 32.1. The van der Waals surface area contributed by atoms with Crippen LogP contribution >= 0.6 is 11.3 Å². The van der Waals surface area contributed by atoms with Gasteiger partial charge in [-0.2, -0.15) is 11.3 Å². The molecule has 72 valence electrons. The number of ether oxygens (including phenoxy) is 1.